The summed E-state index contributed by atoms with van der Waals surface area (Å²) in [4.78, 5) is 0. The Morgan fingerprint density at radius 2 is 2.45 bits per heavy atom. The van der Waals surface area contributed by atoms with E-state index in [2.05, 4.69) is 11.9 Å². The molecular weight excluding hydrogens is 162 g/mol. The highest BCUT2D eigenvalue weighted by molar-refractivity contribution is 7.94. The van der Waals surface area contributed by atoms with Gasteiger partial charge in [0.15, 0.2) is 9.84 Å². The summed E-state index contributed by atoms with van der Waals surface area (Å²) in [6, 6.07) is 0. The maximum Gasteiger partial charge on any atom is 0.173 e. The summed E-state index contributed by atoms with van der Waals surface area (Å²) >= 11 is 0. The van der Waals surface area contributed by atoms with E-state index in [0.717, 1.165) is 5.70 Å². The quantitative estimate of drug-likeness (QED) is 0.629. The zero-order valence-electron chi connectivity index (χ0n) is 6.21. The Labute approximate surface area is 66.7 Å². The molecule has 4 heteroatoms. The summed E-state index contributed by atoms with van der Waals surface area (Å²) in [6.07, 6.45) is 2.31. The summed E-state index contributed by atoms with van der Waals surface area (Å²) in [6.45, 7) is 4.15. The molecule has 0 aromatic heterocycles. The first kappa shape index (κ1) is 8.33. The number of sulfone groups is 1. The van der Waals surface area contributed by atoms with Crippen LogP contribution in [0.4, 0.5) is 0 Å². The lowest BCUT2D eigenvalue weighted by Crippen LogP contribution is -2.10. The molecule has 1 N–H and O–H groups in total. The zero-order chi connectivity index (χ0) is 8.32. The molecule has 0 aliphatic carbocycles. The van der Waals surface area contributed by atoms with Gasteiger partial charge in [-0.15, -0.1) is 6.58 Å². The van der Waals surface area contributed by atoms with E-state index < -0.39 is 9.84 Å². The van der Waals surface area contributed by atoms with Crippen LogP contribution in [0.2, 0.25) is 0 Å². The molecule has 0 radical (unpaired) electrons. The number of rotatable bonds is 3. The van der Waals surface area contributed by atoms with E-state index in [1.165, 1.54) is 5.41 Å². The summed E-state index contributed by atoms with van der Waals surface area (Å²) in [5.74, 6) is 0.243. The molecule has 11 heavy (non-hydrogen) atoms. The molecule has 0 spiro atoms. The van der Waals surface area contributed by atoms with Gasteiger partial charge in [-0.2, -0.15) is 0 Å². The molecule has 0 aromatic carbocycles. The summed E-state index contributed by atoms with van der Waals surface area (Å²) in [5, 5.41) is 4.25. The van der Waals surface area contributed by atoms with Crippen molar-refractivity contribution in [2.45, 2.75) is 6.42 Å². The first-order chi connectivity index (χ1) is 5.14. The monoisotopic (exact) mass is 173 g/mol. The minimum atomic E-state index is -2.88. The molecule has 0 aromatic rings. The van der Waals surface area contributed by atoms with Gasteiger partial charge in [-0.25, -0.2) is 8.42 Å². The van der Waals surface area contributed by atoms with Gasteiger partial charge in [0.25, 0.3) is 0 Å². The molecule has 1 rings (SSSR count). The fourth-order valence-corrected chi connectivity index (χ4v) is 2.18. The van der Waals surface area contributed by atoms with Gasteiger partial charge in [-0.3, -0.25) is 0 Å². The molecule has 1 aliphatic rings. The Morgan fingerprint density at radius 1 is 1.73 bits per heavy atom. The minimum Gasteiger partial charge on any atom is -0.384 e. The van der Waals surface area contributed by atoms with Crippen molar-refractivity contribution in [3.63, 3.8) is 0 Å². The highest BCUT2D eigenvalue weighted by Gasteiger charge is 2.17. The topological polar surface area (TPSA) is 46.2 Å². The molecule has 0 fully saturated rings. The predicted octanol–water partition coefficient (Wildman–Crippen LogP) is 0.422. The third-order valence-electron chi connectivity index (χ3n) is 1.45. The highest BCUT2D eigenvalue weighted by Crippen LogP contribution is 2.12. The first-order valence-corrected chi connectivity index (χ1v) is 5.14. The van der Waals surface area contributed by atoms with Crippen molar-refractivity contribution in [3.8, 4) is 0 Å². The van der Waals surface area contributed by atoms with Crippen LogP contribution in [0, 0.1) is 0 Å². The molecule has 0 saturated carbocycles. The highest BCUT2D eigenvalue weighted by atomic mass is 32.2. The number of hydrogen-bond acceptors (Lipinski definition) is 3. The minimum absolute atomic E-state index is 0.243. The zero-order valence-corrected chi connectivity index (χ0v) is 7.02. The third kappa shape index (κ3) is 2.38. The summed E-state index contributed by atoms with van der Waals surface area (Å²) in [7, 11) is -2.88. The smallest absolute Gasteiger partial charge is 0.173 e. The Kier molecular flexibility index (Phi) is 2.34. The number of hydrogen-bond donors (Lipinski definition) is 1. The molecule has 0 amide bonds. The maximum atomic E-state index is 10.9. The van der Waals surface area contributed by atoms with Gasteiger partial charge in [0.1, 0.15) is 0 Å². The van der Waals surface area contributed by atoms with Gasteiger partial charge >= 0.3 is 0 Å². The molecule has 62 valence electrons. The van der Waals surface area contributed by atoms with E-state index in [1.54, 1.807) is 6.08 Å². The van der Waals surface area contributed by atoms with E-state index in [-0.39, 0.29) is 5.75 Å². The second kappa shape index (κ2) is 3.09. The molecule has 3 nitrogen and oxygen atoms in total. The van der Waals surface area contributed by atoms with Crippen molar-refractivity contribution in [2.75, 3.05) is 12.3 Å². The number of nitrogens with one attached hydrogen (secondary N) is 1. The van der Waals surface area contributed by atoms with Gasteiger partial charge in [0.05, 0.1) is 5.75 Å². The van der Waals surface area contributed by atoms with Crippen LogP contribution < -0.4 is 5.32 Å². The summed E-state index contributed by atoms with van der Waals surface area (Å²) < 4.78 is 21.7. The molecule has 0 bridgehead atoms. The van der Waals surface area contributed by atoms with Crippen LogP contribution in [0.15, 0.2) is 23.8 Å². The van der Waals surface area contributed by atoms with Gasteiger partial charge in [0.2, 0.25) is 0 Å². The van der Waals surface area contributed by atoms with E-state index in [4.69, 9.17) is 0 Å². The lowest BCUT2D eigenvalue weighted by Gasteiger charge is -1.99. The Bertz CT molecular complexity index is 277. The Morgan fingerprint density at radius 3 is 2.91 bits per heavy atom. The fraction of sp³-hybridized carbons (Fsp3) is 0.429. The second-order valence-corrected chi connectivity index (χ2v) is 4.40. The average molecular weight is 173 g/mol. The maximum absolute atomic E-state index is 10.9. The molecule has 0 unspecified atom stereocenters. The molecular formula is C7H11NO2S. The lowest BCUT2D eigenvalue weighted by molar-refractivity contribution is 0.606. The first-order valence-electron chi connectivity index (χ1n) is 3.42. The van der Waals surface area contributed by atoms with E-state index in [1.807, 2.05) is 0 Å². The number of allylic oxidation sites excluding steroid dienone is 1. The summed E-state index contributed by atoms with van der Waals surface area (Å²) in [5.41, 5.74) is 0.796. The van der Waals surface area contributed by atoms with Crippen LogP contribution in [-0.4, -0.2) is 20.7 Å². The van der Waals surface area contributed by atoms with Crippen molar-refractivity contribution in [3.05, 3.63) is 23.8 Å². The van der Waals surface area contributed by atoms with Gasteiger partial charge in [-0.05, 0) is 0 Å². The predicted molar refractivity (Wildman–Crippen MR) is 44.7 cm³/mol. The lowest BCUT2D eigenvalue weighted by atomic mass is 10.4. The van der Waals surface area contributed by atoms with Crippen molar-refractivity contribution < 1.29 is 8.42 Å². The Balaban J connectivity index is 2.56. The van der Waals surface area contributed by atoms with Crippen molar-refractivity contribution in [1.82, 2.24) is 5.32 Å². The van der Waals surface area contributed by atoms with Crippen LogP contribution in [0.1, 0.15) is 6.42 Å². The van der Waals surface area contributed by atoms with E-state index in [0.29, 0.717) is 13.0 Å². The molecule has 1 aliphatic heterocycles. The van der Waals surface area contributed by atoms with Crippen molar-refractivity contribution in [1.29, 1.82) is 0 Å². The molecule has 0 saturated heterocycles. The Hall–Kier alpha value is -0.770. The second-order valence-electron chi connectivity index (χ2n) is 2.43. The van der Waals surface area contributed by atoms with Crippen molar-refractivity contribution in [2.24, 2.45) is 0 Å². The third-order valence-corrected chi connectivity index (χ3v) is 2.87. The van der Waals surface area contributed by atoms with Gasteiger partial charge < -0.3 is 5.32 Å². The van der Waals surface area contributed by atoms with Gasteiger partial charge in [-0.1, -0.05) is 6.08 Å². The van der Waals surface area contributed by atoms with Crippen molar-refractivity contribution >= 4 is 9.84 Å². The van der Waals surface area contributed by atoms with Crippen LogP contribution in [0.3, 0.4) is 0 Å². The molecule has 1 heterocycles. The van der Waals surface area contributed by atoms with Crippen LogP contribution >= 0.6 is 0 Å². The molecule has 0 atom stereocenters. The van der Waals surface area contributed by atoms with E-state index in [9.17, 15) is 8.42 Å². The average Bonchev–Trinajstić information content (AvgIpc) is 2.26. The standard InChI is InChI=1S/C7H11NO2S/c1-2-4-8-7-3-5-11(9,10)6-7/h2,6,8H,1,3-5H2. The van der Waals surface area contributed by atoms with Gasteiger partial charge in [0, 0.05) is 24.1 Å². The SMILES string of the molecule is C=CCNC1=CS(=O)(=O)CC1. The normalized spacial score (nSPS) is 20.9. The largest absolute Gasteiger partial charge is 0.384 e. The fourth-order valence-electron chi connectivity index (χ4n) is 0.920. The van der Waals surface area contributed by atoms with E-state index >= 15 is 0 Å². The van der Waals surface area contributed by atoms with Crippen LogP contribution in [0.5, 0.6) is 0 Å². The van der Waals surface area contributed by atoms with Crippen LogP contribution in [-0.2, 0) is 9.84 Å². The van der Waals surface area contributed by atoms with Crippen LogP contribution in [0.25, 0.3) is 0 Å².